The summed E-state index contributed by atoms with van der Waals surface area (Å²) in [6.07, 6.45) is 7.87. The summed E-state index contributed by atoms with van der Waals surface area (Å²) in [5.74, 6) is 2.03. The highest BCUT2D eigenvalue weighted by Gasteiger charge is 2.21. The quantitative estimate of drug-likeness (QED) is 0.278. The molecule has 0 atom stereocenters. The Morgan fingerprint density at radius 2 is 2.08 bits per heavy atom. The highest BCUT2D eigenvalue weighted by atomic mass is 127. The maximum absolute atomic E-state index is 4.76. The van der Waals surface area contributed by atoms with Gasteiger partial charge in [-0.15, -0.1) is 35.3 Å². The zero-order chi connectivity index (χ0) is 15.9. The van der Waals surface area contributed by atoms with Gasteiger partial charge >= 0.3 is 0 Å². The van der Waals surface area contributed by atoms with Crippen molar-refractivity contribution in [2.45, 2.75) is 51.5 Å². The van der Waals surface area contributed by atoms with E-state index in [9.17, 15) is 0 Å². The Hall–Kier alpha value is -0.500. The van der Waals surface area contributed by atoms with Crippen LogP contribution >= 0.6 is 35.3 Å². The molecular formula is C18H31IN4S. The van der Waals surface area contributed by atoms with Gasteiger partial charge in [-0.3, -0.25) is 4.99 Å². The molecule has 1 aromatic rings. The summed E-state index contributed by atoms with van der Waals surface area (Å²) in [4.78, 5) is 7.26. The number of piperidine rings is 1. The molecular weight excluding hydrogens is 431 g/mol. The maximum atomic E-state index is 4.76. The Bertz CT molecular complexity index is 479. The smallest absolute Gasteiger partial charge is 0.191 e. The molecule has 2 N–H and O–H groups in total. The number of guanidine groups is 1. The van der Waals surface area contributed by atoms with Gasteiger partial charge in [0.1, 0.15) is 0 Å². The molecule has 4 nitrogen and oxygen atoms in total. The molecule has 1 aliphatic carbocycles. The van der Waals surface area contributed by atoms with Crippen LogP contribution in [0.2, 0.25) is 0 Å². The van der Waals surface area contributed by atoms with Crippen LogP contribution in [0.5, 0.6) is 0 Å². The van der Waals surface area contributed by atoms with E-state index in [1.54, 1.807) is 0 Å². The highest BCUT2D eigenvalue weighted by Crippen LogP contribution is 2.33. The summed E-state index contributed by atoms with van der Waals surface area (Å²) >= 11 is 1.84. The van der Waals surface area contributed by atoms with Gasteiger partial charge in [0.25, 0.3) is 0 Å². The number of hydrogen-bond donors (Lipinski definition) is 2. The Balaban J connectivity index is 0.00000208. The molecule has 2 fully saturated rings. The zero-order valence-corrected chi connectivity index (χ0v) is 17.8. The minimum atomic E-state index is 0. The van der Waals surface area contributed by atoms with Gasteiger partial charge in [0, 0.05) is 32.2 Å². The van der Waals surface area contributed by atoms with Gasteiger partial charge < -0.3 is 15.5 Å². The summed E-state index contributed by atoms with van der Waals surface area (Å²) < 4.78 is 0. The molecule has 0 unspecified atom stereocenters. The lowest BCUT2D eigenvalue weighted by Crippen LogP contribution is -2.48. The van der Waals surface area contributed by atoms with Gasteiger partial charge in [-0.2, -0.15) is 0 Å². The largest absolute Gasteiger partial charge is 0.363 e. The lowest BCUT2D eigenvalue weighted by Gasteiger charge is -2.33. The van der Waals surface area contributed by atoms with Crippen molar-refractivity contribution < 1.29 is 0 Å². The third-order valence-electron chi connectivity index (χ3n) is 4.74. The van der Waals surface area contributed by atoms with Crippen LogP contribution in [0.1, 0.15) is 45.4 Å². The number of nitrogens with one attached hydrogen (secondary N) is 2. The number of nitrogens with zero attached hydrogens (tertiary/aromatic N) is 2. The first-order chi connectivity index (χ1) is 11.3. The monoisotopic (exact) mass is 462 g/mol. The number of aliphatic imine (C=N–C) groups is 1. The first kappa shape index (κ1) is 19.8. The van der Waals surface area contributed by atoms with Crippen molar-refractivity contribution in [2.75, 3.05) is 31.1 Å². The van der Waals surface area contributed by atoms with Gasteiger partial charge in [0.2, 0.25) is 0 Å². The average Bonchev–Trinajstić information content (AvgIpc) is 3.23. The molecule has 1 saturated heterocycles. The van der Waals surface area contributed by atoms with E-state index < -0.39 is 0 Å². The SMILES string of the molecule is CCNC(=NCCCC1CC1)NC1CCN(c2cccs2)CC1.I. The molecule has 0 spiro atoms. The molecule has 3 rings (SSSR count). The summed E-state index contributed by atoms with van der Waals surface area (Å²) in [6, 6.07) is 4.92. The number of rotatable bonds is 7. The van der Waals surface area contributed by atoms with Crippen LogP contribution in [0, 0.1) is 5.92 Å². The Morgan fingerprint density at radius 3 is 2.71 bits per heavy atom. The Kier molecular flexibility index (Phi) is 8.66. The van der Waals surface area contributed by atoms with Crippen molar-refractivity contribution in [3.63, 3.8) is 0 Å². The Morgan fingerprint density at radius 1 is 1.29 bits per heavy atom. The van der Waals surface area contributed by atoms with Crippen molar-refractivity contribution in [3.8, 4) is 0 Å². The average molecular weight is 462 g/mol. The van der Waals surface area contributed by atoms with Crippen LogP contribution in [-0.4, -0.2) is 38.2 Å². The predicted molar refractivity (Wildman–Crippen MR) is 116 cm³/mol. The second kappa shape index (κ2) is 10.5. The first-order valence-electron chi connectivity index (χ1n) is 9.18. The summed E-state index contributed by atoms with van der Waals surface area (Å²) in [5, 5.41) is 10.6. The minimum absolute atomic E-state index is 0. The van der Waals surface area contributed by atoms with Crippen LogP contribution in [0.3, 0.4) is 0 Å². The van der Waals surface area contributed by atoms with Gasteiger partial charge in [-0.05, 0) is 56.0 Å². The molecule has 0 amide bonds. The molecule has 0 radical (unpaired) electrons. The normalized spacial score (nSPS) is 19.0. The van der Waals surface area contributed by atoms with Crippen LogP contribution in [0.25, 0.3) is 0 Å². The van der Waals surface area contributed by atoms with Crippen molar-refractivity contribution in [2.24, 2.45) is 10.9 Å². The zero-order valence-electron chi connectivity index (χ0n) is 14.7. The van der Waals surface area contributed by atoms with E-state index in [0.29, 0.717) is 6.04 Å². The highest BCUT2D eigenvalue weighted by molar-refractivity contribution is 14.0. The van der Waals surface area contributed by atoms with Crippen LogP contribution < -0.4 is 15.5 Å². The van der Waals surface area contributed by atoms with Gasteiger partial charge in [-0.1, -0.05) is 12.8 Å². The van der Waals surface area contributed by atoms with Gasteiger partial charge in [0.15, 0.2) is 5.96 Å². The third kappa shape index (κ3) is 6.43. The summed E-state index contributed by atoms with van der Waals surface area (Å²) in [6.45, 7) is 6.31. The van der Waals surface area contributed by atoms with E-state index >= 15 is 0 Å². The topological polar surface area (TPSA) is 39.7 Å². The van der Waals surface area contributed by atoms with Gasteiger partial charge in [-0.25, -0.2) is 0 Å². The van der Waals surface area contributed by atoms with Crippen molar-refractivity contribution in [1.82, 2.24) is 10.6 Å². The van der Waals surface area contributed by atoms with E-state index in [4.69, 9.17) is 4.99 Å². The fraction of sp³-hybridized carbons (Fsp3) is 0.722. The molecule has 136 valence electrons. The molecule has 6 heteroatoms. The van der Waals surface area contributed by atoms with E-state index in [2.05, 4.69) is 40.0 Å². The molecule has 1 aromatic heterocycles. The molecule has 0 aromatic carbocycles. The second-order valence-electron chi connectivity index (χ2n) is 6.70. The lowest BCUT2D eigenvalue weighted by molar-refractivity contribution is 0.462. The lowest BCUT2D eigenvalue weighted by atomic mass is 10.1. The number of thiophene rings is 1. The van der Waals surface area contributed by atoms with E-state index in [1.807, 2.05) is 11.3 Å². The predicted octanol–water partition coefficient (Wildman–Crippen LogP) is 4.08. The minimum Gasteiger partial charge on any atom is -0.363 e. The fourth-order valence-corrected chi connectivity index (χ4v) is 3.97. The molecule has 2 heterocycles. The van der Waals surface area contributed by atoms with Crippen LogP contribution in [0.15, 0.2) is 22.5 Å². The van der Waals surface area contributed by atoms with E-state index in [0.717, 1.165) is 38.1 Å². The number of anilines is 1. The van der Waals surface area contributed by atoms with Crippen molar-refractivity contribution >= 4 is 46.3 Å². The van der Waals surface area contributed by atoms with Crippen molar-refractivity contribution in [1.29, 1.82) is 0 Å². The molecule has 2 aliphatic rings. The fourth-order valence-electron chi connectivity index (χ4n) is 3.18. The molecule has 24 heavy (non-hydrogen) atoms. The number of halogens is 1. The summed E-state index contributed by atoms with van der Waals surface area (Å²) in [7, 11) is 0. The van der Waals surface area contributed by atoms with E-state index in [1.165, 1.54) is 43.5 Å². The van der Waals surface area contributed by atoms with Gasteiger partial charge in [0.05, 0.1) is 5.00 Å². The molecule has 0 bridgehead atoms. The van der Waals surface area contributed by atoms with Crippen molar-refractivity contribution in [3.05, 3.63) is 17.5 Å². The third-order valence-corrected chi connectivity index (χ3v) is 5.66. The standard InChI is InChI=1S/C18H30N4S.HI/c1-2-19-18(20-11-3-5-15-7-8-15)21-16-9-12-22(13-10-16)17-6-4-14-23-17;/h4,6,14-16H,2-3,5,7-13H2,1H3,(H2,19,20,21);1H. The van der Waals surface area contributed by atoms with Crippen LogP contribution in [0.4, 0.5) is 5.00 Å². The van der Waals surface area contributed by atoms with Crippen LogP contribution in [-0.2, 0) is 0 Å². The maximum Gasteiger partial charge on any atom is 0.191 e. The Labute approximate surface area is 167 Å². The number of hydrogen-bond acceptors (Lipinski definition) is 3. The van der Waals surface area contributed by atoms with E-state index in [-0.39, 0.29) is 24.0 Å². The second-order valence-corrected chi connectivity index (χ2v) is 7.63. The molecule has 1 aliphatic heterocycles. The molecule has 1 saturated carbocycles. The first-order valence-corrected chi connectivity index (χ1v) is 10.1. The summed E-state index contributed by atoms with van der Waals surface area (Å²) in [5.41, 5.74) is 0.